The van der Waals surface area contributed by atoms with Gasteiger partial charge in [0.05, 0.1) is 36.1 Å². The number of likely N-dealkylation sites (tertiary alicyclic amines) is 1. The first-order valence-corrected chi connectivity index (χ1v) is 9.84. The molecule has 2 aromatic heterocycles. The van der Waals surface area contributed by atoms with Gasteiger partial charge in [-0.1, -0.05) is 0 Å². The fourth-order valence-corrected chi connectivity index (χ4v) is 4.50. The molecular weight excluding hydrogens is 382 g/mol. The number of halogens is 2. The first-order chi connectivity index (χ1) is 14.0. The van der Waals surface area contributed by atoms with Crippen LogP contribution < -0.4 is 4.90 Å². The normalized spacial score (nSPS) is 26.0. The fourth-order valence-electron chi connectivity index (χ4n) is 4.50. The third-order valence-corrected chi connectivity index (χ3v) is 6.18. The number of carbonyl (C=O) groups excluding carboxylic acids is 1. The van der Waals surface area contributed by atoms with Crippen molar-refractivity contribution in [1.82, 2.24) is 14.9 Å². The first-order valence-electron chi connectivity index (χ1n) is 9.84. The highest BCUT2D eigenvalue weighted by molar-refractivity contribution is 5.94. The van der Waals surface area contributed by atoms with Gasteiger partial charge in [-0.3, -0.25) is 4.79 Å². The summed E-state index contributed by atoms with van der Waals surface area (Å²) in [6.45, 7) is 2.47. The van der Waals surface area contributed by atoms with Gasteiger partial charge in [0.2, 0.25) is 5.95 Å². The zero-order valence-electron chi connectivity index (χ0n) is 15.9. The predicted molar refractivity (Wildman–Crippen MR) is 99.0 cm³/mol. The number of hydrogen-bond donors (Lipinski definition) is 0. The largest absolute Gasteiger partial charge is 0.472 e. The SMILES string of the molecule is O=C(c1ccoc1)N1CC[C@@]2(COCc3cnc(N4CCC(F)(F)CC4)nc32)C1. The monoisotopic (exact) mass is 404 g/mol. The Bertz CT molecular complexity index is 910. The minimum atomic E-state index is -2.61. The summed E-state index contributed by atoms with van der Waals surface area (Å²) < 4.78 is 37.9. The summed E-state index contributed by atoms with van der Waals surface area (Å²) in [7, 11) is 0. The molecule has 0 aromatic carbocycles. The van der Waals surface area contributed by atoms with Crippen molar-refractivity contribution in [3.63, 3.8) is 0 Å². The average Bonchev–Trinajstić information content (AvgIpc) is 3.39. The first kappa shape index (κ1) is 18.5. The number of rotatable bonds is 2. The lowest BCUT2D eigenvalue weighted by molar-refractivity contribution is -0.0223. The van der Waals surface area contributed by atoms with E-state index in [2.05, 4.69) is 4.98 Å². The number of alkyl halides is 2. The second kappa shape index (κ2) is 6.76. The van der Waals surface area contributed by atoms with Crippen molar-refractivity contribution in [2.24, 2.45) is 0 Å². The zero-order chi connectivity index (χ0) is 20.1. The summed E-state index contributed by atoms with van der Waals surface area (Å²) in [5, 5.41) is 0. The third-order valence-electron chi connectivity index (χ3n) is 6.18. The number of amides is 1. The van der Waals surface area contributed by atoms with E-state index in [4.69, 9.17) is 14.1 Å². The molecular formula is C20H22F2N4O3. The molecule has 0 radical (unpaired) electrons. The molecule has 29 heavy (non-hydrogen) atoms. The molecule has 154 valence electrons. The smallest absolute Gasteiger partial charge is 0.257 e. The summed E-state index contributed by atoms with van der Waals surface area (Å²) in [6.07, 6.45) is 5.04. The fraction of sp³-hybridized carbons (Fsp3) is 0.550. The number of fused-ring (bicyclic) bond motifs is 2. The highest BCUT2D eigenvalue weighted by atomic mass is 19.3. The minimum Gasteiger partial charge on any atom is -0.472 e. The van der Waals surface area contributed by atoms with E-state index in [0.29, 0.717) is 37.8 Å². The Balaban J connectivity index is 1.41. The van der Waals surface area contributed by atoms with Gasteiger partial charge >= 0.3 is 0 Å². The van der Waals surface area contributed by atoms with Gasteiger partial charge in [-0.15, -0.1) is 0 Å². The molecule has 3 aliphatic rings. The van der Waals surface area contributed by atoms with Crippen LogP contribution in [0.15, 0.2) is 29.2 Å². The molecule has 2 fully saturated rings. The van der Waals surface area contributed by atoms with E-state index in [1.165, 1.54) is 12.5 Å². The standard InChI is InChI=1S/C20H22F2N4O3/c21-20(22)3-6-25(7-4-20)18-23-9-15-11-29-13-19(16(15)24-18)2-5-26(12-19)17(27)14-1-8-28-10-14/h1,8-10H,2-7,11-13H2/t19-/m0/s1. The van der Waals surface area contributed by atoms with Crippen LogP contribution in [-0.2, 0) is 16.8 Å². The number of anilines is 1. The lowest BCUT2D eigenvalue weighted by Gasteiger charge is -2.36. The second-order valence-corrected chi connectivity index (χ2v) is 8.15. The topological polar surface area (TPSA) is 71.7 Å². The molecule has 1 spiro atoms. The molecule has 5 rings (SSSR count). The number of furan rings is 1. The molecule has 0 saturated carbocycles. The average molecular weight is 404 g/mol. The molecule has 1 atom stereocenters. The zero-order valence-corrected chi connectivity index (χ0v) is 15.9. The van der Waals surface area contributed by atoms with Crippen molar-refractivity contribution in [2.75, 3.05) is 37.7 Å². The molecule has 9 heteroatoms. The maximum absolute atomic E-state index is 13.5. The van der Waals surface area contributed by atoms with Crippen LogP contribution in [0.4, 0.5) is 14.7 Å². The van der Waals surface area contributed by atoms with E-state index in [0.717, 1.165) is 17.7 Å². The van der Waals surface area contributed by atoms with E-state index in [9.17, 15) is 13.6 Å². The van der Waals surface area contributed by atoms with E-state index in [-0.39, 0.29) is 31.8 Å². The lowest BCUT2D eigenvalue weighted by Crippen LogP contribution is -2.43. The number of ether oxygens (including phenoxy) is 1. The van der Waals surface area contributed by atoms with E-state index < -0.39 is 11.3 Å². The molecule has 2 saturated heterocycles. The van der Waals surface area contributed by atoms with Crippen molar-refractivity contribution in [2.45, 2.75) is 37.2 Å². The van der Waals surface area contributed by atoms with E-state index >= 15 is 0 Å². The Kier molecular flexibility index (Phi) is 4.31. The number of hydrogen-bond acceptors (Lipinski definition) is 6. The molecule has 0 bridgehead atoms. The Hall–Kier alpha value is -2.55. The van der Waals surface area contributed by atoms with Gasteiger partial charge in [0.25, 0.3) is 11.8 Å². The summed E-state index contributed by atoms with van der Waals surface area (Å²) in [6, 6.07) is 1.66. The van der Waals surface area contributed by atoms with Crippen molar-refractivity contribution in [3.8, 4) is 0 Å². The molecule has 7 nitrogen and oxygen atoms in total. The highest BCUT2D eigenvalue weighted by Crippen LogP contribution is 2.40. The summed E-state index contributed by atoms with van der Waals surface area (Å²) in [5.41, 5.74) is 1.91. The Morgan fingerprint density at radius 3 is 2.76 bits per heavy atom. The van der Waals surface area contributed by atoms with Crippen LogP contribution in [0.3, 0.4) is 0 Å². The Morgan fingerprint density at radius 1 is 1.17 bits per heavy atom. The maximum atomic E-state index is 13.5. The second-order valence-electron chi connectivity index (χ2n) is 8.15. The van der Waals surface area contributed by atoms with E-state index in [1.807, 2.05) is 4.90 Å². The van der Waals surface area contributed by atoms with Crippen LogP contribution in [0.2, 0.25) is 0 Å². The van der Waals surface area contributed by atoms with Crippen molar-refractivity contribution < 1.29 is 22.7 Å². The number of nitrogens with zero attached hydrogens (tertiary/aromatic N) is 4. The summed E-state index contributed by atoms with van der Waals surface area (Å²) >= 11 is 0. The minimum absolute atomic E-state index is 0.0738. The molecule has 2 aromatic rings. The van der Waals surface area contributed by atoms with Gasteiger partial charge in [-0.25, -0.2) is 18.7 Å². The van der Waals surface area contributed by atoms with Crippen molar-refractivity contribution in [1.29, 1.82) is 0 Å². The van der Waals surface area contributed by atoms with Crippen LogP contribution in [-0.4, -0.2) is 59.5 Å². The number of carbonyl (C=O) groups is 1. The molecule has 5 heterocycles. The van der Waals surface area contributed by atoms with Gasteiger partial charge in [-0.05, 0) is 12.5 Å². The van der Waals surface area contributed by atoms with Gasteiger partial charge < -0.3 is 19.0 Å². The van der Waals surface area contributed by atoms with Crippen LogP contribution in [0.1, 0.15) is 40.9 Å². The van der Waals surface area contributed by atoms with Crippen LogP contribution in [0, 0.1) is 0 Å². The Morgan fingerprint density at radius 2 is 2.00 bits per heavy atom. The van der Waals surface area contributed by atoms with Crippen LogP contribution in [0.25, 0.3) is 0 Å². The maximum Gasteiger partial charge on any atom is 0.257 e. The molecule has 3 aliphatic heterocycles. The molecule has 1 amide bonds. The molecule has 0 N–H and O–H groups in total. The van der Waals surface area contributed by atoms with Crippen LogP contribution >= 0.6 is 0 Å². The van der Waals surface area contributed by atoms with Crippen molar-refractivity contribution in [3.05, 3.63) is 41.6 Å². The third kappa shape index (κ3) is 3.27. The molecule has 0 aliphatic carbocycles. The van der Waals surface area contributed by atoms with Gasteiger partial charge in [0, 0.05) is 50.8 Å². The number of piperidine rings is 1. The lowest BCUT2D eigenvalue weighted by atomic mass is 9.80. The van der Waals surface area contributed by atoms with Gasteiger partial charge in [-0.2, -0.15) is 0 Å². The summed E-state index contributed by atoms with van der Waals surface area (Å²) in [5.74, 6) is -2.20. The van der Waals surface area contributed by atoms with Crippen LogP contribution in [0.5, 0.6) is 0 Å². The van der Waals surface area contributed by atoms with Gasteiger partial charge in [0.15, 0.2) is 0 Å². The number of aromatic nitrogens is 2. The van der Waals surface area contributed by atoms with E-state index in [1.54, 1.807) is 17.2 Å². The highest BCUT2D eigenvalue weighted by Gasteiger charge is 2.47. The summed E-state index contributed by atoms with van der Waals surface area (Å²) in [4.78, 5) is 25.6. The predicted octanol–water partition coefficient (Wildman–Crippen LogP) is 2.62. The Labute approximate surface area is 166 Å². The van der Waals surface area contributed by atoms with Gasteiger partial charge in [0.1, 0.15) is 6.26 Å². The quantitative estimate of drug-likeness (QED) is 0.766. The molecule has 0 unspecified atom stereocenters. The van der Waals surface area contributed by atoms with Crippen molar-refractivity contribution >= 4 is 11.9 Å².